The number of hydrogen-bond acceptors (Lipinski definition) is 2. The summed E-state index contributed by atoms with van der Waals surface area (Å²) in [5.74, 6) is -0.858. The molecule has 1 heterocycles. The van der Waals surface area contributed by atoms with Crippen LogP contribution in [-0.4, -0.2) is 11.1 Å². The van der Waals surface area contributed by atoms with Gasteiger partial charge in [-0.05, 0) is 28.5 Å². The summed E-state index contributed by atoms with van der Waals surface area (Å²) >= 11 is 1.50. The van der Waals surface area contributed by atoms with Crippen molar-refractivity contribution in [1.29, 1.82) is 0 Å². The average Bonchev–Trinajstić information content (AvgIpc) is 2.47. The van der Waals surface area contributed by atoms with Crippen LogP contribution < -0.4 is 0 Å². The Hall–Kier alpha value is -1.35. The van der Waals surface area contributed by atoms with Gasteiger partial charge in [0.05, 0.1) is 5.56 Å². The van der Waals surface area contributed by atoms with E-state index in [9.17, 15) is 4.79 Å². The average molecular weight is 178 g/mol. The molecule has 60 valence electrons. The molecule has 0 bridgehead atoms. The van der Waals surface area contributed by atoms with Gasteiger partial charge in [0.25, 0.3) is 0 Å². The first-order valence-corrected chi connectivity index (χ1v) is 4.41. The van der Waals surface area contributed by atoms with Gasteiger partial charge >= 0.3 is 5.97 Å². The van der Waals surface area contributed by atoms with E-state index in [2.05, 4.69) is 0 Å². The van der Waals surface area contributed by atoms with Crippen LogP contribution in [-0.2, 0) is 0 Å². The molecular weight excluding hydrogens is 172 g/mol. The van der Waals surface area contributed by atoms with Gasteiger partial charge in [-0.15, -0.1) is 0 Å². The first-order valence-electron chi connectivity index (χ1n) is 3.47. The van der Waals surface area contributed by atoms with Crippen LogP contribution in [0.15, 0.2) is 29.0 Å². The van der Waals surface area contributed by atoms with Gasteiger partial charge in [0.1, 0.15) is 0 Å². The van der Waals surface area contributed by atoms with E-state index in [1.807, 2.05) is 22.9 Å². The number of carbonyl (C=O) groups is 1. The summed E-state index contributed by atoms with van der Waals surface area (Å²) < 4.78 is 0. The molecule has 0 saturated carbocycles. The molecule has 0 aromatic carbocycles. The van der Waals surface area contributed by atoms with E-state index in [-0.39, 0.29) is 0 Å². The zero-order valence-electron chi connectivity index (χ0n) is 6.15. The van der Waals surface area contributed by atoms with Gasteiger partial charge in [-0.1, -0.05) is 6.07 Å². The zero-order chi connectivity index (χ0) is 8.55. The maximum absolute atomic E-state index is 10.7. The highest BCUT2D eigenvalue weighted by molar-refractivity contribution is 7.08. The highest BCUT2D eigenvalue weighted by Crippen LogP contribution is 2.28. The summed E-state index contributed by atoms with van der Waals surface area (Å²) in [5.41, 5.74) is 2.21. The quantitative estimate of drug-likeness (QED) is 0.728. The van der Waals surface area contributed by atoms with Gasteiger partial charge in [0.15, 0.2) is 0 Å². The van der Waals surface area contributed by atoms with Crippen LogP contribution in [0.5, 0.6) is 0 Å². The van der Waals surface area contributed by atoms with E-state index >= 15 is 0 Å². The van der Waals surface area contributed by atoms with Crippen LogP contribution in [0.2, 0.25) is 0 Å². The van der Waals surface area contributed by atoms with Gasteiger partial charge < -0.3 is 5.11 Å². The molecule has 2 aliphatic rings. The number of fused-ring (bicyclic) bond motifs is 1. The van der Waals surface area contributed by atoms with Crippen LogP contribution in [0.3, 0.4) is 0 Å². The Bertz CT molecular complexity index is 392. The lowest BCUT2D eigenvalue weighted by Gasteiger charge is -1.97. The van der Waals surface area contributed by atoms with Crippen LogP contribution in [0.4, 0.5) is 0 Å². The molecule has 0 amide bonds. The molecule has 3 heteroatoms. The fourth-order valence-corrected chi connectivity index (χ4v) is 1.89. The van der Waals surface area contributed by atoms with Gasteiger partial charge in [-0.3, -0.25) is 0 Å². The summed E-state index contributed by atoms with van der Waals surface area (Å²) in [5, 5.41) is 12.6. The van der Waals surface area contributed by atoms with Crippen LogP contribution in [0.25, 0.3) is 11.1 Å². The van der Waals surface area contributed by atoms with Crippen molar-refractivity contribution in [3.05, 3.63) is 34.5 Å². The third kappa shape index (κ3) is 0.987. The highest BCUT2D eigenvalue weighted by Gasteiger charge is 2.13. The van der Waals surface area contributed by atoms with Crippen molar-refractivity contribution in [2.45, 2.75) is 0 Å². The Morgan fingerprint density at radius 1 is 1.33 bits per heavy atom. The number of carboxylic acids is 1. The molecule has 0 aromatic heterocycles. The predicted octanol–water partition coefficient (Wildman–Crippen LogP) is 2.55. The first-order chi connectivity index (χ1) is 5.79. The van der Waals surface area contributed by atoms with Gasteiger partial charge in [0, 0.05) is 5.56 Å². The zero-order valence-corrected chi connectivity index (χ0v) is 6.97. The minimum absolute atomic E-state index is 0.391. The lowest BCUT2D eigenvalue weighted by Crippen LogP contribution is -1.94. The van der Waals surface area contributed by atoms with Gasteiger partial charge in [-0.25, -0.2) is 4.79 Å². The first kappa shape index (κ1) is 7.31. The summed E-state index contributed by atoms with van der Waals surface area (Å²) in [6, 6.07) is 5.39. The summed E-state index contributed by atoms with van der Waals surface area (Å²) in [7, 11) is 0. The maximum Gasteiger partial charge on any atom is 0.336 e. The predicted molar refractivity (Wildman–Crippen MR) is 47.9 cm³/mol. The monoisotopic (exact) mass is 178 g/mol. The van der Waals surface area contributed by atoms with Crippen LogP contribution in [0.1, 0.15) is 10.4 Å². The molecule has 2 rings (SSSR count). The second kappa shape index (κ2) is 2.60. The van der Waals surface area contributed by atoms with Gasteiger partial charge in [0.2, 0.25) is 0 Å². The number of aromatic carboxylic acids is 1. The largest absolute Gasteiger partial charge is 0.478 e. The van der Waals surface area contributed by atoms with Crippen molar-refractivity contribution in [3.63, 3.8) is 0 Å². The fraction of sp³-hybridized carbons (Fsp3) is 0. The number of hydrogen-bond donors (Lipinski definition) is 1. The molecule has 0 atom stereocenters. The van der Waals surface area contributed by atoms with Crippen molar-refractivity contribution in [1.82, 2.24) is 0 Å². The van der Waals surface area contributed by atoms with E-state index in [1.54, 1.807) is 6.07 Å². The molecule has 0 radical (unpaired) electrons. The highest BCUT2D eigenvalue weighted by atomic mass is 32.1. The molecule has 2 nitrogen and oxygen atoms in total. The summed E-state index contributed by atoms with van der Waals surface area (Å²) in [4.78, 5) is 10.7. The van der Waals surface area contributed by atoms with Crippen molar-refractivity contribution in [2.75, 3.05) is 0 Å². The maximum atomic E-state index is 10.7. The molecule has 0 aromatic rings. The second-order valence-corrected chi connectivity index (χ2v) is 3.26. The molecule has 0 unspecified atom stereocenters. The van der Waals surface area contributed by atoms with E-state index < -0.39 is 5.97 Å². The van der Waals surface area contributed by atoms with Crippen molar-refractivity contribution in [3.8, 4) is 11.1 Å². The Morgan fingerprint density at radius 3 is 2.92 bits per heavy atom. The van der Waals surface area contributed by atoms with E-state index in [4.69, 9.17) is 5.11 Å². The Balaban J connectivity index is 2.67. The second-order valence-electron chi connectivity index (χ2n) is 2.48. The van der Waals surface area contributed by atoms with E-state index in [0.29, 0.717) is 5.56 Å². The third-order valence-electron chi connectivity index (χ3n) is 1.77. The summed E-state index contributed by atoms with van der Waals surface area (Å²) in [6.45, 7) is 0. The topological polar surface area (TPSA) is 37.3 Å². The minimum Gasteiger partial charge on any atom is -0.478 e. The number of rotatable bonds is 1. The normalized spacial score (nSPS) is 10.3. The van der Waals surface area contributed by atoms with Crippen LogP contribution >= 0.6 is 11.3 Å². The Morgan fingerprint density at radius 2 is 2.17 bits per heavy atom. The smallest absolute Gasteiger partial charge is 0.336 e. The SMILES string of the molecule is O=C(O)c1ccc2ccscc1-2. The van der Waals surface area contributed by atoms with Crippen molar-refractivity contribution in [2.24, 2.45) is 0 Å². The Kier molecular flexibility index (Phi) is 1.59. The minimum atomic E-state index is -0.858. The molecular formula is C9H6O2S. The van der Waals surface area contributed by atoms with E-state index in [1.165, 1.54) is 11.3 Å². The number of carboxylic acid groups (broad SMARTS) is 1. The molecule has 0 fully saturated rings. The standard InChI is InChI=1S/C9H6O2S/c10-9(11)7-2-1-6-3-4-12-5-8(6)7/h1-5H,(H,10,11). The molecule has 1 aliphatic carbocycles. The lowest BCUT2D eigenvalue weighted by molar-refractivity contribution is 0.0698. The molecule has 1 N–H and O–H groups in total. The molecule has 12 heavy (non-hydrogen) atoms. The van der Waals surface area contributed by atoms with Crippen molar-refractivity contribution >= 4 is 17.3 Å². The van der Waals surface area contributed by atoms with Gasteiger partial charge in [-0.2, -0.15) is 11.3 Å². The lowest BCUT2D eigenvalue weighted by atomic mass is 10.1. The van der Waals surface area contributed by atoms with Crippen LogP contribution in [0, 0.1) is 0 Å². The third-order valence-corrected chi connectivity index (χ3v) is 2.44. The fourth-order valence-electron chi connectivity index (χ4n) is 1.19. The molecule has 0 saturated heterocycles. The molecule has 1 aliphatic heterocycles. The molecule has 0 spiro atoms. The summed E-state index contributed by atoms with van der Waals surface area (Å²) in [6.07, 6.45) is 0. The van der Waals surface area contributed by atoms with Crippen molar-refractivity contribution < 1.29 is 9.90 Å². The van der Waals surface area contributed by atoms with E-state index in [0.717, 1.165) is 11.1 Å². The Labute approximate surface area is 73.4 Å².